The van der Waals surface area contributed by atoms with E-state index in [0.717, 1.165) is 12.8 Å². The van der Waals surface area contributed by atoms with Crippen LogP contribution in [0.15, 0.2) is 48.7 Å². The smallest absolute Gasteiger partial charge is 0.248 e. The molecule has 30 heavy (non-hydrogen) atoms. The number of phenols is 1. The number of aromatic nitrogens is 3. The van der Waals surface area contributed by atoms with Crippen molar-refractivity contribution >= 4 is 11.7 Å². The van der Waals surface area contributed by atoms with Gasteiger partial charge in [0.25, 0.3) is 0 Å². The van der Waals surface area contributed by atoms with Gasteiger partial charge in [-0.2, -0.15) is 0 Å². The monoisotopic (exact) mass is 407 g/mol. The van der Waals surface area contributed by atoms with Crippen LogP contribution in [0.3, 0.4) is 0 Å². The number of nitrogens with one attached hydrogen (secondary N) is 1. The summed E-state index contributed by atoms with van der Waals surface area (Å²) in [5, 5.41) is 21.6. The summed E-state index contributed by atoms with van der Waals surface area (Å²) in [5.41, 5.74) is 6.45. The SMILES string of the molecule is CC1CC(CNc2ccc(-c3cc(C(N)=O)ccc3O)nn2)(c2ncccc2F)C1. The number of nitrogens with zero attached hydrogens (tertiary/aromatic N) is 3. The highest BCUT2D eigenvalue weighted by Crippen LogP contribution is 2.47. The summed E-state index contributed by atoms with van der Waals surface area (Å²) in [4.78, 5) is 15.7. The van der Waals surface area contributed by atoms with Gasteiger partial charge in [0.15, 0.2) is 0 Å². The number of amides is 1. The molecule has 1 aromatic carbocycles. The number of nitrogens with two attached hydrogens (primary N) is 1. The van der Waals surface area contributed by atoms with Gasteiger partial charge >= 0.3 is 0 Å². The quantitative estimate of drug-likeness (QED) is 0.578. The summed E-state index contributed by atoms with van der Waals surface area (Å²) in [7, 11) is 0. The minimum Gasteiger partial charge on any atom is -0.507 e. The van der Waals surface area contributed by atoms with Crippen LogP contribution in [-0.4, -0.2) is 32.7 Å². The Labute approximate surface area is 173 Å². The van der Waals surface area contributed by atoms with Gasteiger partial charge in [-0.05, 0) is 61.2 Å². The molecule has 0 aliphatic heterocycles. The second kappa shape index (κ2) is 7.70. The van der Waals surface area contributed by atoms with Crippen molar-refractivity contribution < 1.29 is 14.3 Å². The Kier molecular flexibility index (Phi) is 5.07. The van der Waals surface area contributed by atoms with E-state index in [4.69, 9.17) is 5.73 Å². The minimum atomic E-state index is -0.593. The highest BCUT2D eigenvalue weighted by atomic mass is 19.1. The third-order valence-electron chi connectivity index (χ3n) is 5.57. The van der Waals surface area contributed by atoms with Gasteiger partial charge in [0.1, 0.15) is 17.4 Å². The zero-order valence-electron chi connectivity index (χ0n) is 16.5. The Bertz CT molecular complexity index is 1080. The van der Waals surface area contributed by atoms with E-state index in [9.17, 15) is 14.3 Å². The number of carbonyl (C=O) groups excluding carboxylic acids is 1. The first-order valence-electron chi connectivity index (χ1n) is 9.70. The lowest BCUT2D eigenvalue weighted by molar-refractivity contribution is 0.100. The Morgan fingerprint density at radius 1 is 1.27 bits per heavy atom. The number of anilines is 1. The highest BCUT2D eigenvalue weighted by molar-refractivity contribution is 5.94. The van der Waals surface area contributed by atoms with Gasteiger partial charge in [-0.3, -0.25) is 9.78 Å². The highest BCUT2D eigenvalue weighted by Gasteiger charge is 2.46. The molecule has 4 rings (SSSR count). The zero-order valence-corrected chi connectivity index (χ0v) is 16.5. The van der Waals surface area contributed by atoms with Gasteiger partial charge in [-0.1, -0.05) is 6.92 Å². The van der Waals surface area contributed by atoms with E-state index in [2.05, 4.69) is 27.4 Å². The normalized spacial score (nSPS) is 20.4. The summed E-state index contributed by atoms with van der Waals surface area (Å²) in [5.74, 6) is 0.117. The fourth-order valence-corrected chi connectivity index (χ4v) is 4.20. The van der Waals surface area contributed by atoms with Gasteiger partial charge in [0.2, 0.25) is 5.91 Å². The van der Waals surface area contributed by atoms with Crippen molar-refractivity contribution in [3.05, 3.63) is 65.7 Å². The van der Waals surface area contributed by atoms with Gasteiger partial charge in [-0.25, -0.2) is 4.39 Å². The lowest BCUT2D eigenvalue weighted by atomic mass is 9.60. The average molecular weight is 407 g/mol. The fraction of sp³-hybridized carbons (Fsp3) is 0.273. The molecule has 3 aromatic rings. The predicted octanol–water partition coefficient (Wildman–Crippen LogP) is 3.26. The minimum absolute atomic E-state index is 0.0250. The molecule has 1 fully saturated rings. The van der Waals surface area contributed by atoms with E-state index in [1.807, 2.05) is 0 Å². The number of carbonyl (C=O) groups is 1. The Morgan fingerprint density at radius 2 is 2.07 bits per heavy atom. The van der Waals surface area contributed by atoms with Crippen LogP contribution in [0.1, 0.15) is 35.8 Å². The number of phenolic OH excluding ortho intramolecular Hbond substituents is 1. The molecule has 8 heteroatoms. The summed E-state index contributed by atoms with van der Waals surface area (Å²) in [6.07, 6.45) is 3.30. The fourth-order valence-electron chi connectivity index (χ4n) is 4.20. The molecule has 154 valence electrons. The zero-order chi connectivity index (χ0) is 21.3. The molecule has 0 spiro atoms. The third-order valence-corrected chi connectivity index (χ3v) is 5.57. The summed E-state index contributed by atoms with van der Waals surface area (Å²) >= 11 is 0. The van der Waals surface area contributed by atoms with E-state index >= 15 is 0 Å². The number of halogens is 1. The van der Waals surface area contributed by atoms with Crippen LogP contribution in [0.4, 0.5) is 10.2 Å². The van der Waals surface area contributed by atoms with E-state index in [1.54, 1.807) is 24.4 Å². The third kappa shape index (κ3) is 3.68. The van der Waals surface area contributed by atoms with Crippen molar-refractivity contribution in [2.45, 2.75) is 25.2 Å². The topological polar surface area (TPSA) is 114 Å². The van der Waals surface area contributed by atoms with Crippen molar-refractivity contribution in [2.24, 2.45) is 11.7 Å². The van der Waals surface area contributed by atoms with Crippen LogP contribution in [0.5, 0.6) is 5.75 Å². The first-order valence-corrected chi connectivity index (χ1v) is 9.70. The lowest BCUT2D eigenvalue weighted by Gasteiger charge is -2.46. The maximum absolute atomic E-state index is 14.4. The van der Waals surface area contributed by atoms with Crippen LogP contribution in [0.25, 0.3) is 11.3 Å². The Hall–Kier alpha value is -3.55. The molecule has 0 radical (unpaired) electrons. The Morgan fingerprint density at radius 3 is 2.70 bits per heavy atom. The van der Waals surface area contributed by atoms with Crippen LogP contribution in [-0.2, 0) is 5.41 Å². The summed E-state index contributed by atoms with van der Waals surface area (Å²) in [6.45, 7) is 2.63. The summed E-state index contributed by atoms with van der Waals surface area (Å²) < 4.78 is 14.4. The Balaban J connectivity index is 1.52. The average Bonchev–Trinajstić information content (AvgIpc) is 2.71. The van der Waals surface area contributed by atoms with Crippen LogP contribution >= 0.6 is 0 Å². The van der Waals surface area contributed by atoms with Gasteiger partial charge in [0.05, 0.1) is 11.4 Å². The number of hydrogen-bond acceptors (Lipinski definition) is 6. The largest absolute Gasteiger partial charge is 0.507 e. The van der Waals surface area contributed by atoms with Gasteiger partial charge < -0.3 is 16.2 Å². The molecule has 7 nitrogen and oxygen atoms in total. The van der Waals surface area contributed by atoms with E-state index < -0.39 is 5.91 Å². The van der Waals surface area contributed by atoms with Crippen LogP contribution in [0, 0.1) is 11.7 Å². The van der Waals surface area contributed by atoms with E-state index in [1.165, 1.54) is 24.3 Å². The first kappa shape index (κ1) is 19.8. The van der Waals surface area contributed by atoms with Crippen molar-refractivity contribution in [1.29, 1.82) is 0 Å². The number of hydrogen-bond donors (Lipinski definition) is 3. The van der Waals surface area contributed by atoms with Crippen molar-refractivity contribution in [3.63, 3.8) is 0 Å². The molecular formula is C22H22FN5O2. The lowest BCUT2D eigenvalue weighted by Crippen LogP contribution is -2.47. The molecule has 2 heterocycles. The van der Waals surface area contributed by atoms with Crippen molar-refractivity contribution in [2.75, 3.05) is 11.9 Å². The molecule has 0 unspecified atom stereocenters. The molecular weight excluding hydrogens is 385 g/mol. The number of aromatic hydroxyl groups is 1. The maximum atomic E-state index is 14.4. The number of rotatable bonds is 6. The second-order valence-electron chi connectivity index (χ2n) is 7.88. The van der Waals surface area contributed by atoms with Crippen LogP contribution < -0.4 is 11.1 Å². The summed E-state index contributed by atoms with van der Waals surface area (Å²) in [6, 6.07) is 10.8. The van der Waals surface area contributed by atoms with Crippen molar-refractivity contribution in [3.8, 4) is 17.0 Å². The molecule has 1 aliphatic carbocycles. The van der Waals surface area contributed by atoms with Gasteiger partial charge in [0, 0.05) is 29.3 Å². The maximum Gasteiger partial charge on any atom is 0.248 e. The molecule has 0 atom stereocenters. The molecule has 1 amide bonds. The van der Waals surface area contributed by atoms with E-state index in [0.29, 0.717) is 35.2 Å². The van der Waals surface area contributed by atoms with Gasteiger partial charge in [-0.15, -0.1) is 10.2 Å². The second-order valence-corrected chi connectivity index (χ2v) is 7.88. The van der Waals surface area contributed by atoms with Crippen LogP contribution in [0.2, 0.25) is 0 Å². The molecule has 4 N–H and O–H groups in total. The molecule has 0 bridgehead atoms. The predicted molar refractivity (Wildman–Crippen MR) is 110 cm³/mol. The number of benzene rings is 1. The molecule has 0 saturated heterocycles. The molecule has 1 saturated carbocycles. The first-order chi connectivity index (χ1) is 14.4. The molecule has 1 aliphatic rings. The standard InChI is InChI=1S/C22H22FN5O2/c1-13-10-22(11-13,20-16(23)3-2-8-25-20)12-26-19-7-5-17(27-28-19)15-9-14(21(24)30)4-6-18(15)29/h2-9,13,29H,10-12H2,1H3,(H2,24,30)(H,26,28). The van der Waals surface area contributed by atoms with Crippen molar-refractivity contribution in [1.82, 2.24) is 15.2 Å². The number of pyridine rings is 1. The molecule has 2 aromatic heterocycles. The van der Waals surface area contributed by atoms with E-state index in [-0.39, 0.29) is 22.5 Å². The number of primary amides is 1.